The molecule has 0 amide bonds. The first-order chi connectivity index (χ1) is 16.0. The highest BCUT2D eigenvalue weighted by Crippen LogP contribution is 2.80. The summed E-state index contributed by atoms with van der Waals surface area (Å²) in [7, 11) is 0. The smallest absolute Gasteiger partial charge is 0.387 e. The third kappa shape index (κ3) is 3.18. The van der Waals surface area contributed by atoms with Gasteiger partial charge in [-0.25, -0.2) is 22.2 Å². The van der Waals surface area contributed by atoms with Crippen LogP contribution >= 0.6 is 0 Å². The fourth-order valence-corrected chi connectivity index (χ4v) is 5.52. The number of hydrogen-bond acceptors (Lipinski definition) is 5. The lowest BCUT2D eigenvalue weighted by atomic mass is 9.30. The van der Waals surface area contributed by atoms with Gasteiger partial charge in [0.1, 0.15) is 23.7 Å². The van der Waals surface area contributed by atoms with Gasteiger partial charge in [0.2, 0.25) is 0 Å². The second kappa shape index (κ2) is 7.42. The van der Waals surface area contributed by atoms with Crippen LogP contribution < -0.4 is 4.74 Å². The summed E-state index contributed by atoms with van der Waals surface area (Å²) in [6.07, 6.45) is 0.976. The van der Waals surface area contributed by atoms with Crippen molar-refractivity contribution in [1.82, 2.24) is 20.2 Å². The maximum Gasteiger partial charge on any atom is 0.387 e. The molecular weight excluding hydrogens is 466 g/mol. The van der Waals surface area contributed by atoms with Crippen molar-refractivity contribution in [2.45, 2.75) is 49.4 Å². The number of alkyl halides is 4. The predicted octanol–water partition coefficient (Wildman–Crippen LogP) is 4.20. The maximum absolute atomic E-state index is 16.1. The van der Waals surface area contributed by atoms with Gasteiger partial charge in [-0.2, -0.15) is 8.78 Å². The summed E-state index contributed by atoms with van der Waals surface area (Å²) >= 11 is 0. The lowest BCUT2D eigenvalue weighted by molar-refractivity contribution is -0.347. The molecule has 6 rings (SSSR count). The molecule has 34 heavy (non-hydrogen) atoms. The number of aliphatic hydroxyl groups is 1. The van der Waals surface area contributed by atoms with Crippen LogP contribution in [0.5, 0.6) is 5.75 Å². The van der Waals surface area contributed by atoms with Gasteiger partial charge in [0.05, 0.1) is 6.54 Å². The number of benzene rings is 2. The average Bonchev–Trinajstić information content (AvgIpc) is 3.19. The first-order valence-corrected chi connectivity index (χ1v) is 10.3. The zero-order valence-electron chi connectivity index (χ0n) is 17.4. The fourth-order valence-electron chi connectivity index (χ4n) is 5.52. The standard InChI is InChI=1S/C22H18F6N4O2/c23-14-3-6-16(17(24)7-14)21(33,11-32-12-29-30-31-32)22(27,28)20-8-19(9-20,10-20)13-1-4-15(5-2-13)34-18(25)26/h1-7,12,18,33H,8-11H2. The minimum Gasteiger partial charge on any atom is -0.435 e. The van der Waals surface area contributed by atoms with Crippen LogP contribution in [0.15, 0.2) is 48.8 Å². The summed E-state index contributed by atoms with van der Waals surface area (Å²) in [6, 6.07) is 7.81. The van der Waals surface area contributed by atoms with E-state index in [1.54, 1.807) is 12.1 Å². The van der Waals surface area contributed by atoms with Gasteiger partial charge in [0, 0.05) is 17.0 Å². The van der Waals surface area contributed by atoms with Crippen molar-refractivity contribution < 1.29 is 36.2 Å². The van der Waals surface area contributed by atoms with Crippen LogP contribution in [0.3, 0.4) is 0 Å². The van der Waals surface area contributed by atoms with Gasteiger partial charge in [-0.3, -0.25) is 0 Å². The molecule has 2 bridgehead atoms. The van der Waals surface area contributed by atoms with Gasteiger partial charge >= 0.3 is 6.61 Å². The number of hydrogen-bond donors (Lipinski definition) is 1. The molecule has 1 atom stereocenters. The molecule has 0 saturated heterocycles. The second-order valence-electron chi connectivity index (χ2n) is 9.06. The first-order valence-electron chi connectivity index (χ1n) is 10.3. The molecule has 2 aromatic carbocycles. The van der Waals surface area contributed by atoms with E-state index in [0.29, 0.717) is 11.6 Å². The van der Waals surface area contributed by atoms with E-state index in [-0.39, 0.29) is 25.0 Å². The van der Waals surface area contributed by atoms with Crippen molar-refractivity contribution in [2.75, 3.05) is 0 Å². The van der Waals surface area contributed by atoms with Crippen LogP contribution in [-0.4, -0.2) is 37.8 Å². The van der Waals surface area contributed by atoms with Crippen molar-refractivity contribution in [2.24, 2.45) is 5.41 Å². The van der Waals surface area contributed by atoms with Crippen LogP contribution in [-0.2, 0) is 17.6 Å². The zero-order chi connectivity index (χ0) is 24.4. The summed E-state index contributed by atoms with van der Waals surface area (Å²) in [5.74, 6) is -6.18. The van der Waals surface area contributed by atoms with Gasteiger partial charge in [-0.1, -0.05) is 12.1 Å². The molecule has 3 aliphatic rings. The minimum atomic E-state index is -3.84. The van der Waals surface area contributed by atoms with Crippen LogP contribution in [0, 0.1) is 17.0 Å². The molecule has 1 N–H and O–H groups in total. The Morgan fingerprint density at radius 3 is 2.29 bits per heavy atom. The summed E-state index contributed by atoms with van der Waals surface area (Å²) in [6.45, 7) is -3.84. The number of nitrogens with zero attached hydrogens (tertiary/aromatic N) is 4. The Morgan fingerprint density at radius 1 is 1.06 bits per heavy atom. The zero-order valence-corrected chi connectivity index (χ0v) is 17.4. The van der Waals surface area contributed by atoms with Crippen LogP contribution in [0.4, 0.5) is 26.3 Å². The number of tetrazole rings is 1. The summed E-state index contributed by atoms with van der Waals surface area (Å²) in [5, 5.41) is 21.6. The van der Waals surface area contributed by atoms with E-state index in [2.05, 4.69) is 20.3 Å². The molecule has 6 nitrogen and oxygen atoms in total. The Labute approximate surface area is 189 Å². The van der Waals surface area contributed by atoms with Gasteiger partial charge in [0.15, 0.2) is 5.60 Å². The molecule has 3 aliphatic carbocycles. The monoisotopic (exact) mass is 484 g/mol. The SMILES string of the molecule is OC(Cn1cnnn1)(c1ccc(F)cc1F)C(F)(F)C12CC(c3ccc(OC(F)F)cc3)(C1)C2. The van der Waals surface area contributed by atoms with E-state index >= 15 is 8.78 Å². The Bertz CT molecular complexity index is 1180. The summed E-state index contributed by atoms with van der Waals surface area (Å²) in [4.78, 5) is 0. The molecule has 1 unspecified atom stereocenters. The summed E-state index contributed by atoms with van der Waals surface area (Å²) < 4.78 is 90.2. The molecule has 3 fully saturated rings. The quantitative estimate of drug-likeness (QED) is 0.486. The van der Waals surface area contributed by atoms with E-state index in [1.165, 1.54) is 12.1 Å². The minimum absolute atomic E-state index is 0.0111. The molecule has 1 aromatic heterocycles. The van der Waals surface area contributed by atoms with Crippen molar-refractivity contribution in [3.8, 4) is 5.75 Å². The molecule has 3 aromatic rings. The van der Waals surface area contributed by atoms with Crippen molar-refractivity contribution in [3.05, 3.63) is 71.6 Å². The Balaban J connectivity index is 1.44. The normalized spacial score (nSPS) is 25.4. The Hall–Kier alpha value is -3.15. The van der Waals surface area contributed by atoms with Gasteiger partial charge in [-0.15, -0.1) is 5.10 Å². The molecule has 1 heterocycles. The van der Waals surface area contributed by atoms with Crippen LogP contribution in [0.25, 0.3) is 0 Å². The Morgan fingerprint density at radius 2 is 1.74 bits per heavy atom. The van der Waals surface area contributed by atoms with E-state index in [1.807, 2.05) is 0 Å². The molecule has 3 saturated carbocycles. The lowest BCUT2D eigenvalue weighted by Gasteiger charge is -2.74. The average molecular weight is 484 g/mol. The van der Waals surface area contributed by atoms with Crippen LogP contribution in [0.1, 0.15) is 30.4 Å². The summed E-state index contributed by atoms with van der Waals surface area (Å²) in [5.41, 5.74) is -5.40. The Kier molecular flexibility index (Phi) is 4.94. The number of aromatic nitrogens is 4. The topological polar surface area (TPSA) is 73.1 Å². The van der Waals surface area contributed by atoms with Crippen LogP contribution in [0.2, 0.25) is 0 Å². The number of halogens is 6. The fraction of sp³-hybridized carbons (Fsp3) is 0.409. The largest absolute Gasteiger partial charge is 0.435 e. The number of ether oxygens (including phenoxy) is 1. The van der Waals surface area contributed by atoms with Gasteiger partial charge in [-0.05, 0) is 64.9 Å². The van der Waals surface area contributed by atoms with Crippen molar-refractivity contribution >= 4 is 0 Å². The van der Waals surface area contributed by atoms with Gasteiger partial charge < -0.3 is 9.84 Å². The van der Waals surface area contributed by atoms with Gasteiger partial charge in [0.25, 0.3) is 5.92 Å². The van der Waals surface area contributed by atoms with E-state index in [9.17, 15) is 22.7 Å². The second-order valence-corrected chi connectivity index (χ2v) is 9.06. The van der Waals surface area contributed by atoms with E-state index < -0.39 is 52.7 Å². The molecule has 12 heteroatoms. The van der Waals surface area contributed by atoms with Crippen molar-refractivity contribution in [3.63, 3.8) is 0 Å². The van der Waals surface area contributed by atoms with E-state index in [4.69, 9.17) is 0 Å². The van der Waals surface area contributed by atoms with E-state index in [0.717, 1.165) is 23.1 Å². The lowest BCUT2D eigenvalue weighted by Crippen LogP contribution is -2.76. The molecule has 0 radical (unpaired) electrons. The maximum atomic E-state index is 16.1. The highest BCUT2D eigenvalue weighted by Gasteiger charge is 2.82. The molecule has 0 spiro atoms. The highest BCUT2D eigenvalue weighted by atomic mass is 19.3. The third-order valence-electron chi connectivity index (χ3n) is 7.07. The van der Waals surface area contributed by atoms with Crippen molar-refractivity contribution in [1.29, 1.82) is 0 Å². The molecular formula is C22H18F6N4O2. The molecule has 180 valence electrons. The predicted molar refractivity (Wildman–Crippen MR) is 104 cm³/mol. The number of rotatable bonds is 8. The molecule has 0 aliphatic heterocycles. The third-order valence-corrected chi connectivity index (χ3v) is 7.07. The first kappa shape index (κ1) is 22.6. The highest BCUT2D eigenvalue weighted by molar-refractivity contribution is 5.44.